The lowest BCUT2D eigenvalue weighted by Crippen LogP contribution is -2.37. The third kappa shape index (κ3) is 6.83. The van der Waals surface area contributed by atoms with Crippen molar-refractivity contribution in [2.45, 2.75) is 45.5 Å². The number of nitrogens with one attached hydrogen (secondary N) is 1. The first-order chi connectivity index (χ1) is 10.9. The largest absolute Gasteiger partial charge is 0.489 e. The maximum Gasteiger partial charge on any atom is 0.120 e. The van der Waals surface area contributed by atoms with Crippen molar-refractivity contribution in [3.8, 4) is 5.75 Å². The van der Waals surface area contributed by atoms with E-state index >= 15 is 0 Å². The Hall–Kier alpha value is -1.87. The Kier molecular flexibility index (Phi) is 6.17. The maximum atomic E-state index is 13.5. The lowest BCUT2D eigenvalue weighted by atomic mass is 10.1. The van der Waals surface area contributed by atoms with Crippen molar-refractivity contribution in [1.82, 2.24) is 5.32 Å². The highest BCUT2D eigenvalue weighted by Crippen LogP contribution is 2.17. The summed E-state index contributed by atoms with van der Waals surface area (Å²) in [7, 11) is 0. The normalized spacial score (nSPS) is 12.9. The molecular weight excluding hydrogens is 289 g/mol. The van der Waals surface area contributed by atoms with Gasteiger partial charge in [0, 0.05) is 12.6 Å². The van der Waals surface area contributed by atoms with E-state index in [9.17, 15) is 4.39 Å². The highest BCUT2D eigenvalue weighted by Gasteiger charge is 2.16. The second-order valence-electron chi connectivity index (χ2n) is 6.63. The summed E-state index contributed by atoms with van der Waals surface area (Å²) in [4.78, 5) is 0. The van der Waals surface area contributed by atoms with E-state index in [1.54, 1.807) is 13.8 Å². The second-order valence-corrected chi connectivity index (χ2v) is 6.63. The van der Waals surface area contributed by atoms with Gasteiger partial charge in [0.05, 0.1) is 0 Å². The molecule has 0 heterocycles. The SMILES string of the molecule is C[C@H](Cc1cccc(OCc2ccccc2)c1)NCC(C)(C)F. The topological polar surface area (TPSA) is 21.3 Å². The first-order valence-corrected chi connectivity index (χ1v) is 8.10. The summed E-state index contributed by atoms with van der Waals surface area (Å²) < 4.78 is 19.4. The first kappa shape index (κ1) is 17.5. The quantitative estimate of drug-likeness (QED) is 0.772. The Labute approximate surface area is 138 Å². The van der Waals surface area contributed by atoms with E-state index in [0.29, 0.717) is 13.2 Å². The van der Waals surface area contributed by atoms with E-state index in [1.807, 2.05) is 30.3 Å². The Morgan fingerprint density at radius 1 is 1.04 bits per heavy atom. The summed E-state index contributed by atoms with van der Waals surface area (Å²) in [5, 5.41) is 3.23. The van der Waals surface area contributed by atoms with Gasteiger partial charge in [-0.15, -0.1) is 0 Å². The fraction of sp³-hybridized carbons (Fsp3) is 0.400. The molecule has 23 heavy (non-hydrogen) atoms. The van der Waals surface area contributed by atoms with Gasteiger partial charge in [0.1, 0.15) is 18.0 Å². The van der Waals surface area contributed by atoms with Crippen LogP contribution in [-0.4, -0.2) is 18.3 Å². The van der Waals surface area contributed by atoms with Gasteiger partial charge < -0.3 is 10.1 Å². The summed E-state index contributed by atoms with van der Waals surface area (Å²) in [5.41, 5.74) is 1.15. The van der Waals surface area contributed by atoms with Crippen LogP contribution in [0, 0.1) is 0 Å². The molecule has 3 heteroatoms. The monoisotopic (exact) mass is 315 g/mol. The molecule has 0 fully saturated rings. The minimum Gasteiger partial charge on any atom is -0.489 e. The van der Waals surface area contributed by atoms with E-state index in [2.05, 4.69) is 36.5 Å². The van der Waals surface area contributed by atoms with Gasteiger partial charge >= 0.3 is 0 Å². The molecule has 124 valence electrons. The molecule has 0 saturated heterocycles. The van der Waals surface area contributed by atoms with Gasteiger partial charge in [0.25, 0.3) is 0 Å². The molecule has 0 radical (unpaired) electrons. The number of hydrogen-bond acceptors (Lipinski definition) is 2. The van der Waals surface area contributed by atoms with E-state index in [-0.39, 0.29) is 6.04 Å². The van der Waals surface area contributed by atoms with Gasteiger partial charge in [-0.05, 0) is 50.5 Å². The van der Waals surface area contributed by atoms with Crippen molar-refractivity contribution in [2.24, 2.45) is 0 Å². The van der Waals surface area contributed by atoms with Crippen molar-refractivity contribution in [3.63, 3.8) is 0 Å². The van der Waals surface area contributed by atoms with Crippen molar-refractivity contribution in [1.29, 1.82) is 0 Å². The molecule has 0 aliphatic carbocycles. The summed E-state index contributed by atoms with van der Waals surface area (Å²) in [6, 6.07) is 18.4. The summed E-state index contributed by atoms with van der Waals surface area (Å²) in [5.74, 6) is 0.865. The Bertz CT molecular complexity index is 592. The number of ether oxygens (including phenoxy) is 1. The van der Waals surface area contributed by atoms with Crippen LogP contribution >= 0.6 is 0 Å². The third-order valence-corrected chi connectivity index (χ3v) is 3.56. The van der Waals surface area contributed by atoms with Gasteiger partial charge in [-0.25, -0.2) is 4.39 Å². The molecule has 2 aromatic rings. The molecular formula is C20H26FNO. The average molecular weight is 315 g/mol. The molecule has 1 atom stereocenters. The number of alkyl halides is 1. The number of hydrogen-bond donors (Lipinski definition) is 1. The summed E-state index contributed by atoms with van der Waals surface area (Å²) in [6.07, 6.45) is 0.846. The fourth-order valence-electron chi connectivity index (χ4n) is 2.35. The van der Waals surface area contributed by atoms with Crippen LogP contribution in [0.3, 0.4) is 0 Å². The molecule has 2 rings (SSSR count). The Balaban J connectivity index is 1.86. The molecule has 1 N–H and O–H groups in total. The van der Waals surface area contributed by atoms with Crippen LogP contribution in [0.5, 0.6) is 5.75 Å². The van der Waals surface area contributed by atoms with E-state index in [4.69, 9.17) is 4.74 Å². The molecule has 0 aliphatic heterocycles. The zero-order valence-corrected chi connectivity index (χ0v) is 14.2. The van der Waals surface area contributed by atoms with Crippen molar-refractivity contribution >= 4 is 0 Å². The van der Waals surface area contributed by atoms with Gasteiger partial charge in [0.2, 0.25) is 0 Å². The van der Waals surface area contributed by atoms with Crippen LogP contribution in [-0.2, 0) is 13.0 Å². The smallest absolute Gasteiger partial charge is 0.120 e. The van der Waals surface area contributed by atoms with Gasteiger partial charge in [-0.3, -0.25) is 0 Å². The standard InChI is InChI=1S/C20H26FNO/c1-16(22-15-20(2,3)21)12-18-10-7-11-19(13-18)23-14-17-8-5-4-6-9-17/h4-11,13,16,22H,12,14-15H2,1-3H3/t16-/m1/s1. The lowest BCUT2D eigenvalue weighted by molar-refractivity contribution is 0.204. The molecule has 0 aromatic heterocycles. The van der Waals surface area contributed by atoms with Crippen molar-refractivity contribution in [2.75, 3.05) is 6.54 Å². The molecule has 0 aliphatic rings. The zero-order chi connectivity index (χ0) is 16.7. The van der Waals surface area contributed by atoms with E-state index < -0.39 is 5.67 Å². The van der Waals surface area contributed by atoms with Crippen molar-refractivity contribution < 1.29 is 9.13 Å². The summed E-state index contributed by atoms with van der Waals surface area (Å²) in [6.45, 7) is 6.17. The van der Waals surface area contributed by atoms with Gasteiger partial charge in [-0.2, -0.15) is 0 Å². The minimum atomic E-state index is -1.19. The Morgan fingerprint density at radius 3 is 2.43 bits per heavy atom. The van der Waals surface area contributed by atoms with E-state index in [1.165, 1.54) is 5.56 Å². The molecule has 0 spiro atoms. The molecule has 0 unspecified atom stereocenters. The van der Waals surface area contributed by atoms with Crippen LogP contribution in [0.1, 0.15) is 31.9 Å². The van der Waals surface area contributed by atoms with Crippen LogP contribution < -0.4 is 10.1 Å². The van der Waals surface area contributed by atoms with Crippen LogP contribution in [0.25, 0.3) is 0 Å². The first-order valence-electron chi connectivity index (χ1n) is 8.10. The zero-order valence-electron chi connectivity index (χ0n) is 14.2. The molecule has 2 nitrogen and oxygen atoms in total. The average Bonchev–Trinajstić information content (AvgIpc) is 2.52. The Morgan fingerprint density at radius 2 is 1.74 bits per heavy atom. The van der Waals surface area contributed by atoms with Crippen LogP contribution in [0.2, 0.25) is 0 Å². The van der Waals surface area contributed by atoms with Crippen LogP contribution in [0.15, 0.2) is 54.6 Å². The molecule has 0 amide bonds. The van der Waals surface area contributed by atoms with Gasteiger partial charge in [0.15, 0.2) is 0 Å². The third-order valence-electron chi connectivity index (χ3n) is 3.56. The minimum absolute atomic E-state index is 0.217. The highest BCUT2D eigenvalue weighted by molar-refractivity contribution is 5.29. The number of benzene rings is 2. The van der Waals surface area contributed by atoms with E-state index in [0.717, 1.165) is 17.7 Å². The predicted octanol–water partition coefficient (Wildman–Crippen LogP) is 4.53. The van der Waals surface area contributed by atoms with Crippen molar-refractivity contribution in [3.05, 3.63) is 65.7 Å². The maximum absolute atomic E-state index is 13.5. The highest BCUT2D eigenvalue weighted by atomic mass is 19.1. The molecule has 0 saturated carbocycles. The second kappa shape index (κ2) is 8.11. The predicted molar refractivity (Wildman–Crippen MR) is 93.6 cm³/mol. The molecule has 0 bridgehead atoms. The summed E-state index contributed by atoms with van der Waals surface area (Å²) >= 11 is 0. The van der Waals surface area contributed by atoms with Crippen LogP contribution in [0.4, 0.5) is 4.39 Å². The van der Waals surface area contributed by atoms with Gasteiger partial charge in [-0.1, -0.05) is 42.5 Å². The molecule has 2 aromatic carbocycles. The number of rotatable bonds is 8. The fourth-order valence-corrected chi connectivity index (χ4v) is 2.35. The number of halogens is 1. The lowest BCUT2D eigenvalue weighted by Gasteiger charge is -2.20.